The van der Waals surface area contributed by atoms with Crippen LogP contribution in [0.4, 0.5) is 0 Å². The molecule has 106 valence electrons. The van der Waals surface area contributed by atoms with Gasteiger partial charge in [-0.05, 0) is 43.4 Å². The van der Waals surface area contributed by atoms with Gasteiger partial charge in [-0.15, -0.1) is 0 Å². The number of hydrogen-bond acceptors (Lipinski definition) is 3. The van der Waals surface area contributed by atoms with Crippen molar-refractivity contribution in [1.82, 2.24) is 4.90 Å². The summed E-state index contributed by atoms with van der Waals surface area (Å²) >= 11 is 0. The number of ether oxygens (including phenoxy) is 1. The van der Waals surface area contributed by atoms with Crippen molar-refractivity contribution in [3.8, 4) is 5.75 Å². The van der Waals surface area contributed by atoms with Crippen LogP contribution in [0.25, 0.3) is 0 Å². The van der Waals surface area contributed by atoms with Crippen LogP contribution >= 0.6 is 0 Å². The number of amides is 1. The van der Waals surface area contributed by atoms with Crippen LogP contribution in [0, 0.1) is 0 Å². The van der Waals surface area contributed by atoms with Crippen molar-refractivity contribution in [2.24, 2.45) is 0 Å². The Hall–Kier alpha value is -1.84. The lowest BCUT2D eigenvalue weighted by Gasteiger charge is -2.17. The molecule has 3 rings (SSSR count). The summed E-state index contributed by atoms with van der Waals surface area (Å²) in [7, 11) is 0. The molecule has 0 aromatic heterocycles. The SMILES string of the molecule is O=C1CC(=O)N(Cc2cccc(OC3CCCC3)c2)C1. The van der Waals surface area contributed by atoms with Crippen LogP contribution in [0.15, 0.2) is 24.3 Å². The van der Waals surface area contributed by atoms with Gasteiger partial charge in [-0.3, -0.25) is 9.59 Å². The standard InChI is InChI=1S/C16H19NO3/c18-13-9-16(19)17(11-13)10-12-4-3-7-15(8-12)20-14-5-1-2-6-14/h3-4,7-8,14H,1-2,5-6,9-11H2. The third-order valence-corrected chi connectivity index (χ3v) is 3.95. The number of likely N-dealkylation sites (tertiary alicyclic amines) is 1. The van der Waals surface area contributed by atoms with Gasteiger partial charge in [0.15, 0.2) is 5.78 Å². The molecule has 0 bridgehead atoms. The predicted octanol–water partition coefficient (Wildman–Crippen LogP) is 2.31. The Bertz CT molecular complexity index is 520. The molecule has 0 N–H and O–H groups in total. The van der Waals surface area contributed by atoms with Gasteiger partial charge in [0.1, 0.15) is 5.75 Å². The maximum Gasteiger partial charge on any atom is 0.230 e. The second kappa shape index (κ2) is 5.65. The van der Waals surface area contributed by atoms with Crippen molar-refractivity contribution in [3.05, 3.63) is 29.8 Å². The van der Waals surface area contributed by atoms with Crippen molar-refractivity contribution >= 4 is 11.7 Å². The van der Waals surface area contributed by atoms with E-state index in [1.165, 1.54) is 12.8 Å². The highest BCUT2D eigenvalue weighted by Crippen LogP contribution is 2.25. The summed E-state index contributed by atoms with van der Waals surface area (Å²) in [6.45, 7) is 0.735. The summed E-state index contributed by atoms with van der Waals surface area (Å²) in [5.41, 5.74) is 1.02. The Kier molecular flexibility index (Phi) is 3.72. The predicted molar refractivity (Wildman–Crippen MR) is 74.4 cm³/mol. The molecule has 20 heavy (non-hydrogen) atoms. The van der Waals surface area contributed by atoms with Gasteiger partial charge in [0.2, 0.25) is 5.91 Å². The Labute approximate surface area is 118 Å². The number of carbonyl (C=O) groups is 2. The molecule has 4 nitrogen and oxygen atoms in total. The fourth-order valence-corrected chi connectivity index (χ4v) is 2.92. The normalized spacial score (nSPS) is 19.9. The largest absolute Gasteiger partial charge is 0.490 e. The Morgan fingerprint density at radius 3 is 2.70 bits per heavy atom. The van der Waals surface area contributed by atoms with Crippen molar-refractivity contribution in [2.75, 3.05) is 6.54 Å². The molecule has 4 heteroatoms. The topological polar surface area (TPSA) is 46.6 Å². The molecule has 1 heterocycles. The highest BCUT2D eigenvalue weighted by Gasteiger charge is 2.27. The number of nitrogens with zero attached hydrogens (tertiary/aromatic N) is 1. The first-order valence-corrected chi connectivity index (χ1v) is 7.26. The van der Waals surface area contributed by atoms with Gasteiger partial charge in [-0.2, -0.15) is 0 Å². The molecule has 0 radical (unpaired) electrons. The molecule has 2 fully saturated rings. The molecule has 0 atom stereocenters. The maximum absolute atomic E-state index is 11.6. The van der Waals surface area contributed by atoms with E-state index in [4.69, 9.17) is 4.74 Å². The third-order valence-electron chi connectivity index (χ3n) is 3.95. The molecule has 0 spiro atoms. The smallest absolute Gasteiger partial charge is 0.230 e. The van der Waals surface area contributed by atoms with Crippen LogP contribution in [0.3, 0.4) is 0 Å². The van der Waals surface area contributed by atoms with Gasteiger partial charge in [0, 0.05) is 6.54 Å². The van der Waals surface area contributed by atoms with E-state index in [1.807, 2.05) is 24.3 Å². The van der Waals surface area contributed by atoms with Crippen molar-refractivity contribution in [3.63, 3.8) is 0 Å². The van der Waals surface area contributed by atoms with Crippen LogP contribution in [-0.4, -0.2) is 29.2 Å². The fourth-order valence-electron chi connectivity index (χ4n) is 2.92. The van der Waals surface area contributed by atoms with Crippen LogP contribution in [-0.2, 0) is 16.1 Å². The minimum absolute atomic E-state index is 0.00774. The molecule has 1 aromatic rings. The quantitative estimate of drug-likeness (QED) is 0.791. The van der Waals surface area contributed by atoms with Crippen LogP contribution in [0.2, 0.25) is 0 Å². The lowest BCUT2D eigenvalue weighted by atomic mass is 10.2. The third kappa shape index (κ3) is 3.00. The number of carbonyl (C=O) groups excluding carboxylic acids is 2. The van der Waals surface area contributed by atoms with E-state index in [9.17, 15) is 9.59 Å². The van der Waals surface area contributed by atoms with E-state index in [0.29, 0.717) is 12.6 Å². The minimum Gasteiger partial charge on any atom is -0.490 e. The second-order valence-electron chi connectivity index (χ2n) is 5.64. The molecule has 1 amide bonds. The average Bonchev–Trinajstić information content (AvgIpc) is 3.01. The van der Waals surface area contributed by atoms with Crippen molar-refractivity contribution < 1.29 is 14.3 Å². The van der Waals surface area contributed by atoms with E-state index in [-0.39, 0.29) is 24.7 Å². The van der Waals surface area contributed by atoms with E-state index >= 15 is 0 Å². The summed E-state index contributed by atoms with van der Waals surface area (Å²) < 4.78 is 5.96. The van der Waals surface area contributed by atoms with Crippen molar-refractivity contribution in [1.29, 1.82) is 0 Å². The zero-order valence-electron chi connectivity index (χ0n) is 11.5. The molecule has 0 unspecified atom stereocenters. The highest BCUT2D eigenvalue weighted by molar-refractivity contribution is 6.05. The van der Waals surface area contributed by atoms with Crippen LogP contribution in [0.5, 0.6) is 5.75 Å². The molecule has 1 saturated carbocycles. The number of rotatable bonds is 4. The Morgan fingerprint density at radius 2 is 2.00 bits per heavy atom. The van der Waals surface area contributed by atoms with Gasteiger partial charge in [0.05, 0.1) is 19.1 Å². The molecule has 1 aromatic carbocycles. The van der Waals surface area contributed by atoms with Gasteiger partial charge < -0.3 is 9.64 Å². The fraction of sp³-hybridized carbons (Fsp3) is 0.500. The maximum atomic E-state index is 11.6. The summed E-state index contributed by atoms with van der Waals surface area (Å²) in [6.07, 6.45) is 5.13. The lowest BCUT2D eigenvalue weighted by Crippen LogP contribution is -2.24. The molecule has 1 aliphatic carbocycles. The minimum atomic E-state index is -0.0721. The van der Waals surface area contributed by atoms with Gasteiger partial charge in [0.25, 0.3) is 0 Å². The Morgan fingerprint density at radius 1 is 1.20 bits per heavy atom. The molecule has 1 saturated heterocycles. The molecule has 1 aliphatic heterocycles. The summed E-state index contributed by atoms with van der Waals surface area (Å²) in [6, 6.07) is 7.85. The zero-order chi connectivity index (χ0) is 13.9. The highest BCUT2D eigenvalue weighted by atomic mass is 16.5. The van der Waals surface area contributed by atoms with Gasteiger partial charge in [-0.1, -0.05) is 12.1 Å². The Balaban J connectivity index is 1.64. The summed E-state index contributed by atoms with van der Waals surface area (Å²) in [5.74, 6) is 0.804. The van der Waals surface area contributed by atoms with Gasteiger partial charge in [-0.25, -0.2) is 0 Å². The average molecular weight is 273 g/mol. The lowest BCUT2D eigenvalue weighted by molar-refractivity contribution is -0.128. The summed E-state index contributed by atoms with van der Waals surface area (Å²) in [5, 5.41) is 0. The van der Waals surface area contributed by atoms with Crippen LogP contribution < -0.4 is 4.74 Å². The first-order valence-electron chi connectivity index (χ1n) is 7.26. The monoisotopic (exact) mass is 273 g/mol. The van der Waals surface area contributed by atoms with Crippen molar-refractivity contribution in [2.45, 2.75) is 44.8 Å². The molecular weight excluding hydrogens is 254 g/mol. The first-order chi connectivity index (χ1) is 9.70. The van der Waals surface area contributed by atoms with E-state index in [2.05, 4.69) is 0 Å². The summed E-state index contributed by atoms with van der Waals surface area (Å²) in [4.78, 5) is 24.5. The van der Waals surface area contributed by atoms with E-state index in [0.717, 1.165) is 24.2 Å². The number of ketones is 1. The van der Waals surface area contributed by atoms with Crippen LogP contribution in [0.1, 0.15) is 37.7 Å². The first kappa shape index (κ1) is 13.2. The van der Waals surface area contributed by atoms with E-state index < -0.39 is 0 Å². The zero-order valence-corrected chi connectivity index (χ0v) is 11.5. The van der Waals surface area contributed by atoms with Gasteiger partial charge >= 0.3 is 0 Å². The second-order valence-corrected chi connectivity index (χ2v) is 5.64. The number of benzene rings is 1. The van der Waals surface area contributed by atoms with E-state index in [1.54, 1.807) is 4.90 Å². The number of hydrogen-bond donors (Lipinski definition) is 0. The molecular formula is C16H19NO3. The number of Topliss-reactive ketones (excluding diaryl/α,β-unsaturated/α-hetero) is 1. The molecule has 2 aliphatic rings.